The van der Waals surface area contributed by atoms with Crippen molar-refractivity contribution < 1.29 is 13.2 Å². The fraction of sp³-hybridized carbons (Fsp3) is 0.0769. The van der Waals surface area contributed by atoms with Gasteiger partial charge < -0.3 is 5.32 Å². The number of anilines is 1. The van der Waals surface area contributed by atoms with Crippen LogP contribution in [0.2, 0.25) is 0 Å². The van der Waals surface area contributed by atoms with E-state index in [0.29, 0.717) is 15.7 Å². The Kier molecular flexibility index (Phi) is 3.91. The van der Waals surface area contributed by atoms with Gasteiger partial charge in [-0.1, -0.05) is 0 Å². The zero-order chi connectivity index (χ0) is 13.1. The number of halogens is 4. The van der Waals surface area contributed by atoms with Crippen LogP contribution in [0.5, 0.6) is 0 Å². The van der Waals surface area contributed by atoms with Crippen LogP contribution in [0.1, 0.15) is 5.56 Å². The van der Waals surface area contributed by atoms with Gasteiger partial charge in [0.15, 0.2) is 0 Å². The van der Waals surface area contributed by atoms with Crippen molar-refractivity contribution in [3.63, 3.8) is 0 Å². The van der Waals surface area contributed by atoms with E-state index in [-0.39, 0.29) is 6.54 Å². The minimum absolute atomic E-state index is 0.218. The van der Waals surface area contributed by atoms with E-state index in [1.165, 1.54) is 18.2 Å². The Labute approximate surface area is 111 Å². The van der Waals surface area contributed by atoms with Crippen molar-refractivity contribution in [1.29, 1.82) is 0 Å². The second-order valence-corrected chi connectivity index (χ2v) is 4.61. The molecule has 0 aliphatic rings. The smallest absolute Gasteiger partial charge is 0.139 e. The Balaban J connectivity index is 2.08. The molecule has 5 heteroatoms. The quantitative estimate of drug-likeness (QED) is 0.880. The predicted octanol–water partition coefficient (Wildman–Crippen LogP) is 4.48. The van der Waals surface area contributed by atoms with Gasteiger partial charge in [0, 0.05) is 18.3 Å². The van der Waals surface area contributed by atoms with Crippen LogP contribution in [0, 0.1) is 17.5 Å². The first-order valence-electron chi connectivity index (χ1n) is 5.18. The lowest BCUT2D eigenvalue weighted by Crippen LogP contribution is -2.01. The van der Waals surface area contributed by atoms with Crippen LogP contribution < -0.4 is 5.32 Å². The van der Waals surface area contributed by atoms with Gasteiger partial charge in [-0.05, 0) is 51.8 Å². The fourth-order valence-electron chi connectivity index (χ4n) is 1.52. The third kappa shape index (κ3) is 3.26. The average Bonchev–Trinajstić information content (AvgIpc) is 2.29. The van der Waals surface area contributed by atoms with Crippen molar-refractivity contribution in [3.8, 4) is 0 Å². The van der Waals surface area contributed by atoms with Crippen LogP contribution >= 0.6 is 15.9 Å². The summed E-state index contributed by atoms with van der Waals surface area (Å²) in [6.45, 7) is 0.218. The molecule has 18 heavy (non-hydrogen) atoms. The summed E-state index contributed by atoms with van der Waals surface area (Å²) < 4.78 is 39.5. The molecule has 2 aromatic rings. The van der Waals surface area contributed by atoms with Gasteiger partial charge >= 0.3 is 0 Å². The van der Waals surface area contributed by atoms with Gasteiger partial charge in [0.1, 0.15) is 17.5 Å². The number of hydrogen-bond acceptors (Lipinski definition) is 1. The SMILES string of the molecule is Fc1cc(F)cc(CNc2ccc(Br)c(F)c2)c1. The molecule has 0 aliphatic carbocycles. The van der Waals surface area contributed by atoms with Gasteiger partial charge in [-0.15, -0.1) is 0 Å². The molecule has 0 saturated heterocycles. The maximum absolute atomic E-state index is 13.2. The molecule has 0 unspecified atom stereocenters. The maximum atomic E-state index is 13.2. The van der Waals surface area contributed by atoms with Crippen LogP contribution in [-0.2, 0) is 6.54 Å². The molecule has 0 saturated carbocycles. The lowest BCUT2D eigenvalue weighted by atomic mass is 10.2. The van der Waals surface area contributed by atoms with E-state index in [2.05, 4.69) is 21.2 Å². The first-order chi connectivity index (χ1) is 8.54. The third-order valence-electron chi connectivity index (χ3n) is 2.34. The summed E-state index contributed by atoms with van der Waals surface area (Å²) in [6, 6.07) is 7.80. The van der Waals surface area contributed by atoms with E-state index in [1.807, 2.05) is 0 Å². The third-order valence-corrected chi connectivity index (χ3v) is 2.98. The highest BCUT2D eigenvalue weighted by molar-refractivity contribution is 9.10. The maximum Gasteiger partial charge on any atom is 0.139 e. The van der Waals surface area contributed by atoms with Crippen molar-refractivity contribution in [2.24, 2.45) is 0 Å². The molecule has 0 atom stereocenters. The number of nitrogens with one attached hydrogen (secondary N) is 1. The summed E-state index contributed by atoms with van der Waals surface area (Å²) in [5.74, 6) is -1.66. The topological polar surface area (TPSA) is 12.0 Å². The molecule has 0 spiro atoms. The zero-order valence-corrected chi connectivity index (χ0v) is 10.8. The van der Waals surface area contributed by atoms with E-state index in [4.69, 9.17) is 0 Å². The van der Waals surface area contributed by atoms with E-state index < -0.39 is 17.5 Å². The molecule has 94 valence electrons. The van der Waals surface area contributed by atoms with Crippen molar-refractivity contribution in [3.05, 3.63) is 63.9 Å². The molecule has 1 N–H and O–H groups in total. The first kappa shape index (κ1) is 13.0. The lowest BCUT2D eigenvalue weighted by molar-refractivity contribution is 0.580. The van der Waals surface area contributed by atoms with Crippen molar-refractivity contribution in [2.75, 3.05) is 5.32 Å². The summed E-state index contributed by atoms with van der Waals surface area (Å²) in [4.78, 5) is 0. The highest BCUT2D eigenvalue weighted by Crippen LogP contribution is 2.20. The number of hydrogen-bond donors (Lipinski definition) is 1. The van der Waals surface area contributed by atoms with Crippen LogP contribution in [0.25, 0.3) is 0 Å². The standard InChI is InChI=1S/C13H9BrF3N/c14-12-2-1-11(6-13(12)17)18-7-8-3-9(15)5-10(16)4-8/h1-6,18H,7H2. The number of benzene rings is 2. The highest BCUT2D eigenvalue weighted by Gasteiger charge is 2.03. The monoisotopic (exact) mass is 315 g/mol. The van der Waals surface area contributed by atoms with Crippen molar-refractivity contribution in [2.45, 2.75) is 6.54 Å². The summed E-state index contributed by atoms with van der Waals surface area (Å²) in [5, 5.41) is 2.89. The van der Waals surface area contributed by atoms with Crippen molar-refractivity contribution >= 4 is 21.6 Å². The van der Waals surface area contributed by atoms with E-state index >= 15 is 0 Å². The van der Waals surface area contributed by atoms with Gasteiger partial charge in [-0.2, -0.15) is 0 Å². The largest absolute Gasteiger partial charge is 0.381 e. The molecule has 1 nitrogen and oxygen atoms in total. The van der Waals surface area contributed by atoms with Crippen molar-refractivity contribution in [1.82, 2.24) is 0 Å². The minimum atomic E-state index is -0.631. The molecule has 2 aromatic carbocycles. The Hall–Kier alpha value is -1.49. The van der Waals surface area contributed by atoms with E-state index in [1.54, 1.807) is 12.1 Å². The second kappa shape index (κ2) is 5.44. The fourth-order valence-corrected chi connectivity index (χ4v) is 1.77. The molecule has 0 radical (unpaired) electrons. The second-order valence-electron chi connectivity index (χ2n) is 3.76. The Morgan fingerprint density at radius 2 is 1.61 bits per heavy atom. The van der Waals surface area contributed by atoms with Gasteiger partial charge in [0.25, 0.3) is 0 Å². The molecule has 0 heterocycles. The molecular formula is C13H9BrF3N. The number of rotatable bonds is 3. The first-order valence-corrected chi connectivity index (χ1v) is 5.98. The van der Waals surface area contributed by atoms with Crippen LogP contribution in [-0.4, -0.2) is 0 Å². The summed E-state index contributed by atoms with van der Waals surface area (Å²) in [7, 11) is 0. The molecule has 0 aromatic heterocycles. The molecule has 0 fully saturated rings. The minimum Gasteiger partial charge on any atom is -0.381 e. The summed E-state index contributed by atoms with van der Waals surface area (Å²) in [6.07, 6.45) is 0. The summed E-state index contributed by atoms with van der Waals surface area (Å²) in [5.41, 5.74) is 0.996. The molecule has 0 aliphatic heterocycles. The van der Waals surface area contributed by atoms with Crippen LogP contribution in [0.15, 0.2) is 40.9 Å². The lowest BCUT2D eigenvalue weighted by Gasteiger charge is -2.07. The average molecular weight is 316 g/mol. The molecule has 0 amide bonds. The van der Waals surface area contributed by atoms with E-state index in [9.17, 15) is 13.2 Å². The summed E-state index contributed by atoms with van der Waals surface area (Å²) >= 11 is 3.04. The van der Waals surface area contributed by atoms with Crippen LogP contribution in [0.4, 0.5) is 18.9 Å². The Bertz CT molecular complexity index is 552. The van der Waals surface area contributed by atoms with Gasteiger partial charge in [0.05, 0.1) is 4.47 Å². The van der Waals surface area contributed by atoms with Gasteiger partial charge in [0.2, 0.25) is 0 Å². The van der Waals surface area contributed by atoms with Gasteiger partial charge in [-0.25, -0.2) is 13.2 Å². The van der Waals surface area contributed by atoms with Crippen LogP contribution in [0.3, 0.4) is 0 Å². The Morgan fingerprint density at radius 1 is 0.944 bits per heavy atom. The normalized spacial score (nSPS) is 10.4. The van der Waals surface area contributed by atoms with E-state index in [0.717, 1.165) is 6.07 Å². The highest BCUT2D eigenvalue weighted by atomic mass is 79.9. The molecule has 0 bridgehead atoms. The predicted molar refractivity (Wildman–Crippen MR) is 67.8 cm³/mol. The molecular weight excluding hydrogens is 307 g/mol. The molecule has 2 rings (SSSR count). The zero-order valence-electron chi connectivity index (χ0n) is 9.18. The Morgan fingerprint density at radius 3 is 2.22 bits per heavy atom. The van der Waals surface area contributed by atoms with Gasteiger partial charge in [-0.3, -0.25) is 0 Å².